The van der Waals surface area contributed by atoms with Crippen molar-refractivity contribution in [1.82, 2.24) is 4.98 Å². The van der Waals surface area contributed by atoms with Gasteiger partial charge in [0.1, 0.15) is 10.8 Å². The lowest BCUT2D eigenvalue weighted by molar-refractivity contribution is -0.120. The fourth-order valence-corrected chi connectivity index (χ4v) is 9.03. The first kappa shape index (κ1) is 25.8. The predicted octanol–water partition coefficient (Wildman–Crippen LogP) is 6.64. The zero-order chi connectivity index (χ0) is 25.9. The van der Waals surface area contributed by atoms with Crippen molar-refractivity contribution >= 4 is 27.0 Å². The van der Waals surface area contributed by atoms with Crippen molar-refractivity contribution in [2.45, 2.75) is 69.3 Å². The molecule has 1 aromatic heterocycles. The third-order valence-electron chi connectivity index (χ3n) is 9.36. The minimum atomic E-state index is -5.67. The number of rotatable bonds is 4. The van der Waals surface area contributed by atoms with E-state index in [1.54, 1.807) is 6.20 Å². The number of halogens is 3. The summed E-state index contributed by atoms with van der Waals surface area (Å²) in [5.74, 6) is 0.965. The number of alkyl halides is 3. The van der Waals surface area contributed by atoms with E-state index < -0.39 is 15.6 Å². The minimum absolute atomic E-state index is 0.0209. The number of carbonyl (C=O) groups excluding carboxylic acids is 1. The van der Waals surface area contributed by atoms with Crippen molar-refractivity contribution in [2.75, 3.05) is 0 Å². The number of thioether (sulfide) groups is 1. The number of pyridine rings is 1. The summed E-state index contributed by atoms with van der Waals surface area (Å²) in [5.41, 5.74) is -4.90. The SMILES string of the molecule is C[C@]12CC[C@H]3[C@@H](CC=C4C=C(OS(=O)(=O)C(F)(F)F)CC[C@@]43C)[C@@H]1CC[C@@H]2C(=O)Sc1ccccn1. The second-order valence-corrected chi connectivity index (χ2v) is 13.6. The van der Waals surface area contributed by atoms with Gasteiger partial charge in [-0.25, -0.2) is 4.98 Å². The van der Waals surface area contributed by atoms with Crippen LogP contribution in [0.5, 0.6) is 0 Å². The highest BCUT2D eigenvalue weighted by molar-refractivity contribution is 8.13. The van der Waals surface area contributed by atoms with Gasteiger partial charge in [-0.15, -0.1) is 0 Å². The van der Waals surface area contributed by atoms with Crippen molar-refractivity contribution < 1.29 is 30.6 Å². The van der Waals surface area contributed by atoms with Crippen LogP contribution in [0.1, 0.15) is 58.8 Å². The summed E-state index contributed by atoms with van der Waals surface area (Å²) in [5, 5.41) is 0.907. The number of hydrogen-bond donors (Lipinski definition) is 0. The number of carbonyl (C=O) groups is 1. The lowest BCUT2D eigenvalue weighted by atomic mass is 9.48. The Morgan fingerprint density at radius 2 is 1.92 bits per heavy atom. The average molecular weight is 542 g/mol. The predicted molar refractivity (Wildman–Crippen MR) is 130 cm³/mol. The van der Waals surface area contributed by atoms with Gasteiger partial charge in [-0.05, 0) is 103 Å². The molecule has 0 unspecified atom stereocenters. The quantitative estimate of drug-likeness (QED) is 0.242. The van der Waals surface area contributed by atoms with Crippen LogP contribution < -0.4 is 0 Å². The van der Waals surface area contributed by atoms with E-state index in [4.69, 9.17) is 0 Å². The van der Waals surface area contributed by atoms with Gasteiger partial charge in [-0.2, -0.15) is 21.6 Å². The van der Waals surface area contributed by atoms with Gasteiger partial charge in [-0.1, -0.05) is 26.0 Å². The Balaban J connectivity index is 1.35. The monoisotopic (exact) mass is 541 g/mol. The molecule has 2 fully saturated rings. The van der Waals surface area contributed by atoms with Gasteiger partial charge in [0.25, 0.3) is 0 Å². The molecule has 0 amide bonds. The molecule has 5 nitrogen and oxygen atoms in total. The Hall–Kier alpha value is -1.81. The van der Waals surface area contributed by atoms with Crippen molar-refractivity contribution in [3.63, 3.8) is 0 Å². The highest BCUT2D eigenvalue weighted by Crippen LogP contribution is 2.66. The van der Waals surface area contributed by atoms with Crippen LogP contribution in [-0.4, -0.2) is 24.0 Å². The van der Waals surface area contributed by atoms with Crippen LogP contribution in [0, 0.1) is 34.5 Å². The van der Waals surface area contributed by atoms with Gasteiger partial charge in [0.05, 0.1) is 0 Å². The summed E-state index contributed by atoms with van der Waals surface area (Å²) in [6, 6.07) is 5.57. The summed E-state index contributed by atoms with van der Waals surface area (Å²) >= 11 is 1.24. The van der Waals surface area contributed by atoms with E-state index in [1.165, 1.54) is 17.8 Å². The molecule has 10 heteroatoms. The number of fused-ring (bicyclic) bond motifs is 5. The maximum atomic E-state index is 13.3. The molecule has 0 bridgehead atoms. The maximum absolute atomic E-state index is 13.3. The number of aromatic nitrogens is 1. The van der Waals surface area contributed by atoms with Crippen LogP contribution >= 0.6 is 11.8 Å². The summed E-state index contributed by atoms with van der Waals surface area (Å²) in [7, 11) is -5.67. The molecular weight excluding hydrogens is 511 g/mol. The van der Waals surface area contributed by atoms with Crippen LogP contribution in [0.2, 0.25) is 0 Å². The van der Waals surface area contributed by atoms with E-state index in [9.17, 15) is 26.4 Å². The van der Waals surface area contributed by atoms with E-state index in [-0.39, 0.29) is 34.0 Å². The van der Waals surface area contributed by atoms with Crippen LogP contribution in [0.15, 0.2) is 52.9 Å². The van der Waals surface area contributed by atoms with Gasteiger partial charge >= 0.3 is 15.6 Å². The molecule has 5 rings (SSSR count). The van der Waals surface area contributed by atoms with E-state index in [2.05, 4.69) is 29.1 Å². The molecule has 36 heavy (non-hydrogen) atoms. The Kier molecular flexibility index (Phi) is 6.38. The molecule has 0 aromatic carbocycles. The van der Waals surface area contributed by atoms with Crippen molar-refractivity contribution in [3.8, 4) is 0 Å². The first-order valence-corrected chi connectivity index (χ1v) is 14.6. The van der Waals surface area contributed by atoms with Crippen molar-refractivity contribution in [2.24, 2.45) is 34.5 Å². The van der Waals surface area contributed by atoms with E-state index in [0.29, 0.717) is 24.2 Å². The lowest BCUT2D eigenvalue weighted by Crippen LogP contribution is -2.49. The fraction of sp³-hybridized carbons (Fsp3) is 0.615. The van der Waals surface area contributed by atoms with E-state index >= 15 is 0 Å². The molecular formula is C26H30F3NO4S2. The van der Waals surface area contributed by atoms with Gasteiger partial charge in [0, 0.05) is 18.5 Å². The number of nitrogens with zero attached hydrogens (tertiary/aromatic N) is 1. The molecule has 0 N–H and O–H groups in total. The molecule has 4 aliphatic rings. The van der Waals surface area contributed by atoms with Gasteiger partial charge < -0.3 is 4.18 Å². The Bertz CT molecular complexity index is 1210. The number of allylic oxidation sites excluding steroid dienone is 4. The van der Waals surface area contributed by atoms with Crippen LogP contribution in [0.25, 0.3) is 0 Å². The van der Waals surface area contributed by atoms with E-state index in [0.717, 1.165) is 42.7 Å². The van der Waals surface area contributed by atoms with Gasteiger partial charge in [0.2, 0.25) is 0 Å². The third kappa shape index (κ3) is 4.22. The highest BCUT2D eigenvalue weighted by atomic mass is 32.2. The van der Waals surface area contributed by atoms with E-state index in [1.807, 2.05) is 18.2 Å². The molecule has 4 aliphatic carbocycles. The summed E-state index contributed by atoms with van der Waals surface area (Å²) < 4.78 is 65.9. The molecule has 1 aromatic rings. The highest BCUT2D eigenvalue weighted by Gasteiger charge is 2.60. The fourth-order valence-electron chi connectivity index (χ4n) is 7.52. The standard InChI is InChI=1S/C26H30F3NO4S2/c1-24-12-10-17(34-36(32,33)26(27,28)29)15-16(24)6-7-18-19-8-9-21(25(19,2)13-11-20(18)24)23(31)35-22-5-3-4-14-30-22/h3-6,14-15,18-21H,7-13H2,1-2H3/t18-,19-,20-,21+,24-,25-/m0/s1. The molecule has 0 aliphatic heterocycles. The first-order chi connectivity index (χ1) is 16.8. The van der Waals surface area contributed by atoms with Gasteiger partial charge in [-0.3, -0.25) is 4.79 Å². The number of hydrogen-bond acceptors (Lipinski definition) is 6. The largest absolute Gasteiger partial charge is 0.534 e. The first-order valence-electron chi connectivity index (χ1n) is 12.4. The molecule has 0 spiro atoms. The van der Waals surface area contributed by atoms with Crippen LogP contribution in [0.3, 0.4) is 0 Å². The van der Waals surface area contributed by atoms with Crippen molar-refractivity contribution in [1.29, 1.82) is 0 Å². The minimum Gasteiger partial charge on any atom is -0.381 e. The topological polar surface area (TPSA) is 73.3 Å². The van der Waals surface area contributed by atoms with Crippen molar-refractivity contribution in [3.05, 3.63) is 47.9 Å². The smallest absolute Gasteiger partial charge is 0.381 e. The Morgan fingerprint density at radius 1 is 1.14 bits per heavy atom. The zero-order valence-corrected chi connectivity index (χ0v) is 21.9. The molecule has 1 heterocycles. The molecule has 0 saturated heterocycles. The van der Waals surface area contributed by atoms with Gasteiger partial charge in [0.15, 0.2) is 5.12 Å². The summed E-state index contributed by atoms with van der Waals surface area (Å²) in [4.78, 5) is 17.6. The Labute approximate surface area is 214 Å². The molecule has 6 atom stereocenters. The maximum Gasteiger partial charge on any atom is 0.534 e. The molecule has 0 radical (unpaired) electrons. The molecule has 196 valence electrons. The zero-order valence-electron chi connectivity index (χ0n) is 20.3. The Morgan fingerprint density at radius 3 is 2.61 bits per heavy atom. The second-order valence-electron chi connectivity index (χ2n) is 11.0. The summed E-state index contributed by atoms with van der Waals surface area (Å²) in [6.45, 7) is 4.41. The molecule has 2 saturated carbocycles. The second kappa shape index (κ2) is 8.89. The third-order valence-corrected chi connectivity index (χ3v) is 11.3. The lowest BCUT2D eigenvalue weighted by Gasteiger charge is -2.56. The summed E-state index contributed by atoms with van der Waals surface area (Å²) in [6.07, 6.45) is 10.5. The van der Waals surface area contributed by atoms with Crippen LogP contribution in [-0.2, 0) is 19.1 Å². The normalized spacial score (nSPS) is 36.1. The average Bonchev–Trinajstić information content (AvgIpc) is 3.16. The van der Waals surface area contributed by atoms with Crippen LogP contribution in [0.4, 0.5) is 13.2 Å².